The standard InChI is InChI=1S/C20H12F2N4O2/c21-16-5-4-11(6-17(16)22)10-28-13-3-1-2-12(7-13)18-14(8-23)19(25)26-20(27)15(18)9-24/h1-7H,10H2,(H3,25,26,27). The van der Waals surface area contributed by atoms with Crippen LogP contribution in [0.2, 0.25) is 0 Å². The number of anilines is 1. The maximum Gasteiger partial charge on any atom is 0.268 e. The second-order valence-corrected chi connectivity index (χ2v) is 5.78. The molecule has 0 amide bonds. The Balaban J connectivity index is 1.98. The minimum Gasteiger partial charge on any atom is -0.489 e. The zero-order valence-corrected chi connectivity index (χ0v) is 14.3. The highest BCUT2D eigenvalue weighted by Gasteiger charge is 2.18. The van der Waals surface area contributed by atoms with E-state index in [2.05, 4.69) is 4.98 Å². The Labute approximate surface area is 158 Å². The van der Waals surface area contributed by atoms with Gasteiger partial charge in [-0.1, -0.05) is 18.2 Å². The molecule has 0 aliphatic rings. The number of H-pyrrole nitrogens is 1. The van der Waals surface area contributed by atoms with Gasteiger partial charge in [-0.15, -0.1) is 0 Å². The summed E-state index contributed by atoms with van der Waals surface area (Å²) < 4.78 is 31.9. The normalized spacial score (nSPS) is 10.1. The van der Waals surface area contributed by atoms with Gasteiger partial charge in [-0.25, -0.2) is 8.78 Å². The molecule has 0 radical (unpaired) electrons. The van der Waals surface area contributed by atoms with Crippen LogP contribution in [-0.2, 0) is 6.61 Å². The van der Waals surface area contributed by atoms with Crippen molar-refractivity contribution in [2.45, 2.75) is 6.61 Å². The average molecular weight is 378 g/mol. The number of nitrogens with zero attached hydrogens (tertiary/aromatic N) is 2. The number of hydrogen-bond acceptors (Lipinski definition) is 5. The van der Waals surface area contributed by atoms with Crippen LogP contribution in [0, 0.1) is 34.3 Å². The van der Waals surface area contributed by atoms with E-state index in [1.54, 1.807) is 24.3 Å². The summed E-state index contributed by atoms with van der Waals surface area (Å²) in [7, 11) is 0. The molecular weight excluding hydrogens is 366 g/mol. The van der Waals surface area contributed by atoms with Crippen molar-refractivity contribution in [2.24, 2.45) is 0 Å². The Kier molecular flexibility index (Phi) is 5.05. The molecule has 3 rings (SSSR count). The van der Waals surface area contributed by atoms with Crippen molar-refractivity contribution in [3.63, 3.8) is 0 Å². The van der Waals surface area contributed by atoms with E-state index in [1.807, 2.05) is 6.07 Å². The van der Waals surface area contributed by atoms with Crippen LogP contribution in [-0.4, -0.2) is 4.98 Å². The number of aromatic nitrogens is 1. The lowest BCUT2D eigenvalue weighted by Gasteiger charge is -2.11. The molecule has 8 heteroatoms. The molecule has 0 aliphatic heterocycles. The summed E-state index contributed by atoms with van der Waals surface area (Å²) in [6.07, 6.45) is 0. The Morgan fingerprint density at radius 2 is 1.79 bits per heavy atom. The number of halogens is 2. The van der Waals surface area contributed by atoms with Crippen LogP contribution in [0.5, 0.6) is 5.75 Å². The molecule has 2 aromatic carbocycles. The predicted molar refractivity (Wildman–Crippen MR) is 97.0 cm³/mol. The molecule has 0 bridgehead atoms. The number of nitrogen functional groups attached to an aromatic ring is 1. The Hall–Kier alpha value is -4.17. The van der Waals surface area contributed by atoms with Crippen molar-refractivity contribution < 1.29 is 13.5 Å². The average Bonchev–Trinajstić information content (AvgIpc) is 2.68. The van der Waals surface area contributed by atoms with E-state index in [4.69, 9.17) is 10.5 Å². The fourth-order valence-corrected chi connectivity index (χ4v) is 2.67. The molecule has 0 fully saturated rings. The van der Waals surface area contributed by atoms with E-state index in [-0.39, 0.29) is 29.1 Å². The highest BCUT2D eigenvalue weighted by atomic mass is 19.2. The van der Waals surface area contributed by atoms with E-state index in [1.165, 1.54) is 12.1 Å². The van der Waals surface area contributed by atoms with Gasteiger partial charge < -0.3 is 15.5 Å². The van der Waals surface area contributed by atoms with Crippen LogP contribution < -0.4 is 16.0 Å². The van der Waals surface area contributed by atoms with Crippen LogP contribution >= 0.6 is 0 Å². The summed E-state index contributed by atoms with van der Waals surface area (Å²) >= 11 is 0. The first-order valence-corrected chi connectivity index (χ1v) is 7.97. The van der Waals surface area contributed by atoms with Gasteiger partial charge in [0.15, 0.2) is 11.6 Å². The third kappa shape index (κ3) is 3.53. The van der Waals surface area contributed by atoms with Gasteiger partial charge in [0.1, 0.15) is 41.4 Å². The number of nitriles is 2. The summed E-state index contributed by atoms with van der Waals surface area (Å²) in [5.74, 6) is -1.74. The summed E-state index contributed by atoms with van der Waals surface area (Å²) in [5.41, 5.74) is 5.62. The van der Waals surface area contributed by atoms with Gasteiger partial charge in [-0.2, -0.15) is 10.5 Å². The fourth-order valence-electron chi connectivity index (χ4n) is 2.67. The van der Waals surface area contributed by atoms with Crippen LogP contribution in [0.3, 0.4) is 0 Å². The van der Waals surface area contributed by atoms with Gasteiger partial charge in [0, 0.05) is 5.56 Å². The van der Waals surface area contributed by atoms with Gasteiger partial charge in [0.05, 0.1) is 0 Å². The van der Waals surface area contributed by atoms with E-state index >= 15 is 0 Å². The Morgan fingerprint density at radius 3 is 2.46 bits per heavy atom. The molecule has 0 spiro atoms. The maximum atomic E-state index is 13.3. The molecule has 0 unspecified atom stereocenters. The number of nitrogens with one attached hydrogen (secondary N) is 1. The summed E-state index contributed by atoms with van der Waals surface area (Å²) in [6, 6.07) is 13.4. The monoisotopic (exact) mass is 378 g/mol. The topological polar surface area (TPSA) is 116 Å². The first kappa shape index (κ1) is 18.6. The second-order valence-electron chi connectivity index (χ2n) is 5.78. The number of pyridine rings is 1. The zero-order valence-electron chi connectivity index (χ0n) is 14.3. The van der Waals surface area contributed by atoms with Crippen molar-refractivity contribution in [2.75, 3.05) is 5.73 Å². The SMILES string of the molecule is N#Cc1c(N)[nH]c(=O)c(C#N)c1-c1cccc(OCc2ccc(F)c(F)c2)c1. The molecule has 3 aromatic rings. The fraction of sp³-hybridized carbons (Fsp3) is 0.0500. The van der Waals surface area contributed by atoms with Gasteiger partial charge in [-0.3, -0.25) is 4.79 Å². The number of hydrogen-bond donors (Lipinski definition) is 2. The van der Waals surface area contributed by atoms with Crippen molar-refractivity contribution >= 4 is 5.82 Å². The molecule has 28 heavy (non-hydrogen) atoms. The molecule has 3 N–H and O–H groups in total. The molecule has 138 valence electrons. The van der Waals surface area contributed by atoms with Gasteiger partial charge >= 0.3 is 0 Å². The second kappa shape index (κ2) is 7.60. The van der Waals surface area contributed by atoms with Crippen LogP contribution in [0.15, 0.2) is 47.3 Å². The highest BCUT2D eigenvalue weighted by Crippen LogP contribution is 2.30. The smallest absolute Gasteiger partial charge is 0.268 e. The minimum atomic E-state index is -0.980. The first-order chi connectivity index (χ1) is 13.4. The third-order valence-corrected chi connectivity index (χ3v) is 3.98. The lowest BCUT2D eigenvalue weighted by Crippen LogP contribution is -2.16. The van der Waals surface area contributed by atoms with E-state index in [0.717, 1.165) is 12.1 Å². The summed E-state index contributed by atoms with van der Waals surface area (Å²) in [6.45, 7) is -0.0334. The number of nitrogens with two attached hydrogens (primary N) is 1. The number of aromatic amines is 1. The number of rotatable bonds is 4. The third-order valence-electron chi connectivity index (χ3n) is 3.98. The lowest BCUT2D eigenvalue weighted by molar-refractivity contribution is 0.305. The van der Waals surface area contributed by atoms with Gasteiger partial charge in [0.25, 0.3) is 5.56 Å². The molecule has 1 aromatic heterocycles. The highest BCUT2D eigenvalue weighted by molar-refractivity contribution is 5.80. The number of benzene rings is 2. The molecular formula is C20H12F2N4O2. The van der Waals surface area contributed by atoms with E-state index in [0.29, 0.717) is 16.9 Å². The van der Waals surface area contributed by atoms with Crippen molar-refractivity contribution in [3.8, 4) is 29.0 Å². The molecule has 6 nitrogen and oxygen atoms in total. The van der Waals surface area contributed by atoms with Crippen molar-refractivity contribution in [1.29, 1.82) is 10.5 Å². The Morgan fingerprint density at radius 1 is 1.04 bits per heavy atom. The van der Waals surface area contributed by atoms with E-state index < -0.39 is 17.2 Å². The quantitative estimate of drug-likeness (QED) is 0.723. The largest absolute Gasteiger partial charge is 0.489 e. The first-order valence-electron chi connectivity index (χ1n) is 7.97. The van der Waals surface area contributed by atoms with Crippen LogP contribution in [0.1, 0.15) is 16.7 Å². The van der Waals surface area contributed by atoms with Crippen LogP contribution in [0.25, 0.3) is 11.1 Å². The molecule has 0 saturated carbocycles. The molecule has 1 heterocycles. The summed E-state index contributed by atoms with van der Waals surface area (Å²) in [4.78, 5) is 14.3. The van der Waals surface area contributed by atoms with Crippen LogP contribution in [0.4, 0.5) is 14.6 Å². The Bertz CT molecular complexity index is 1210. The molecule has 0 saturated heterocycles. The van der Waals surface area contributed by atoms with E-state index in [9.17, 15) is 24.1 Å². The minimum absolute atomic E-state index is 0.0334. The van der Waals surface area contributed by atoms with Gasteiger partial charge in [0.2, 0.25) is 0 Å². The molecule has 0 atom stereocenters. The van der Waals surface area contributed by atoms with Crippen molar-refractivity contribution in [3.05, 3.63) is 81.1 Å². The van der Waals surface area contributed by atoms with Gasteiger partial charge in [-0.05, 0) is 35.4 Å². The summed E-state index contributed by atoms with van der Waals surface area (Å²) in [5, 5.41) is 18.7. The molecule has 0 aliphatic carbocycles. The predicted octanol–water partition coefficient (Wildman–Crippen LogP) is 3.22. The lowest BCUT2D eigenvalue weighted by atomic mass is 9.96. The number of ether oxygens (including phenoxy) is 1. The maximum absolute atomic E-state index is 13.3. The van der Waals surface area contributed by atoms with Crippen molar-refractivity contribution in [1.82, 2.24) is 4.98 Å². The zero-order chi connectivity index (χ0) is 20.3.